The lowest BCUT2D eigenvalue weighted by Gasteiger charge is -2.16. The fourth-order valence-corrected chi connectivity index (χ4v) is 2.31. The van der Waals surface area contributed by atoms with Crippen molar-refractivity contribution in [2.75, 3.05) is 5.75 Å². The van der Waals surface area contributed by atoms with Gasteiger partial charge in [0.25, 0.3) is 5.91 Å². The summed E-state index contributed by atoms with van der Waals surface area (Å²) in [6.45, 7) is 0. The van der Waals surface area contributed by atoms with E-state index in [1.54, 1.807) is 0 Å². The molecule has 3 nitrogen and oxygen atoms in total. The summed E-state index contributed by atoms with van der Waals surface area (Å²) in [5, 5.41) is 9.95. The molecular weight excluding hydrogens is 186 g/mol. The zero-order chi connectivity index (χ0) is 9.26. The third kappa shape index (κ3) is 1.55. The van der Waals surface area contributed by atoms with Gasteiger partial charge in [-0.1, -0.05) is 30.3 Å². The number of nitrogens with zero attached hydrogens (tertiary/aromatic N) is 1. The van der Waals surface area contributed by atoms with E-state index in [1.807, 2.05) is 30.3 Å². The molecule has 1 aliphatic rings. The first-order valence-electron chi connectivity index (χ1n) is 3.96. The van der Waals surface area contributed by atoms with Crippen LogP contribution in [0, 0.1) is 0 Å². The van der Waals surface area contributed by atoms with Gasteiger partial charge in [-0.15, -0.1) is 11.8 Å². The van der Waals surface area contributed by atoms with Crippen LogP contribution in [0.15, 0.2) is 30.3 Å². The molecule has 0 aliphatic carbocycles. The zero-order valence-corrected chi connectivity index (χ0v) is 7.70. The molecule has 0 bridgehead atoms. The molecule has 1 N–H and O–H groups in total. The minimum atomic E-state index is -0.228. The SMILES string of the molecule is O=C1CSC(c2ccccc2)N1O. The summed E-state index contributed by atoms with van der Waals surface area (Å²) in [6, 6.07) is 9.50. The van der Waals surface area contributed by atoms with Gasteiger partial charge < -0.3 is 0 Å². The molecule has 1 atom stereocenters. The predicted octanol–water partition coefficient (Wildman–Crippen LogP) is 1.65. The van der Waals surface area contributed by atoms with Crippen molar-refractivity contribution in [3.8, 4) is 0 Å². The number of hydroxylamine groups is 2. The quantitative estimate of drug-likeness (QED) is 0.693. The molecular formula is C9H9NO2S. The molecule has 4 heteroatoms. The monoisotopic (exact) mass is 195 g/mol. The Bertz CT molecular complexity index is 315. The third-order valence-electron chi connectivity index (χ3n) is 1.93. The van der Waals surface area contributed by atoms with Gasteiger partial charge in [0.15, 0.2) is 0 Å². The van der Waals surface area contributed by atoms with Crippen LogP contribution in [0.1, 0.15) is 10.9 Å². The second-order valence-corrected chi connectivity index (χ2v) is 3.88. The van der Waals surface area contributed by atoms with Crippen LogP contribution in [0.2, 0.25) is 0 Å². The zero-order valence-electron chi connectivity index (χ0n) is 6.88. The van der Waals surface area contributed by atoms with Crippen LogP contribution in [0.25, 0.3) is 0 Å². The molecule has 1 unspecified atom stereocenters. The maximum absolute atomic E-state index is 11.0. The van der Waals surface area contributed by atoms with Crippen LogP contribution in [0.4, 0.5) is 0 Å². The van der Waals surface area contributed by atoms with Crippen molar-refractivity contribution in [3.63, 3.8) is 0 Å². The van der Waals surface area contributed by atoms with Crippen molar-refractivity contribution in [2.24, 2.45) is 0 Å². The van der Waals surface area contributed by atoms with Crippen LogP contribution >= 0.6 is 11.8 Å². The standard InChI is InChI=1S/C9H9NO2S/c11-8-6-13-9(10(8)12)7-4-2-1-3-5-7/h1-5,9,12H,6H2. The van der Waals surface area contributed by atoms with Gasteiger partial charge in [-0.25, -0.2) is 5.06 Å². The van der Waals surface area contributed by atoms with Crippen molar-refractivity contribution < 1.29 is 10.0 Å². The second-order valence-electron chi connectivity index (χ2n) is 2.81. The number of carbonyl (C=O) groups excluding carboxylic acids is 1. The third-order valence-corrected chi connectivity index (χ3v) is 3.13. The van der Waals surface area contributed by atoms with E-state index in [1.165, 1.54) is 11.8 Å². The lowest BCUT2D eigenvalue weighted by molar-refractivity contribution is -0.162. The van der Waals surface area contributed by atoms with Gasteiger partial charge in [-0.3, -0.25) is 10.0 Å². The predicted molar refractivity (Wildman–Crippen MR) is 50.3 cm³/mol. The van der Waals surface area contributed by atoms with E-state index in [2.05, 4.69) is 0 Å². The summed E-state index contributed by atoms with van der Waals surface area (Å²) >= 11 is 1.44. The number of amides is 1. The molecule has 1 fully saturated rings. The summed E-state index contributed by atoms with van der Waals surface area (Å²) in [6.07, 6.45) is 0. The molecule has 2 rings (SSSR count). The molecule has 68 valence electrons. The average Bonchev–Trinajstić information content (AvgIpc) is 2.49. The Morgan fingerprint density at radius 3 is 2.62 bits per heavy atom. The van der Waals surface area contributed by atoms with Gasteiger partial charge in [0.05, 0.1) is 5.75 Å². The van der Waals surface area contributed by atoms with E-state index in [0.29, 0.717) is 5.75 Å². The minimum Gasteiger partial charge on any atom is -0.284 e. The van der Waals surface area contributed by atoms with Crippen molar-refractivity contribution in [1.29, 1.82) is 0 Å². The summed E-state index contributed by atoms with van der Waals surface area (Å²) in [5.74, 6) is 0.134. The summed E-state index contributed by atoms with van der Waals surface area (Å²) in [7, 11) is 0. The number of thioether (sulfide) groups is 1. The lowest BCUT2D eigenvalue weighted by atomic mass is 10.2. The molecule has 1 heterocycles. The minimum absolute atomic E-state index is 0.223. The Morgan fingerprint density at radius 1 is 1.38 bits per heavy atom. The van der Waals surface area contributed by atoms with Crippen LogP contribution in [0.3, 0.4) is 0 Å². The van der Waals surface area contributed by atoms with Gasteiger partial charge in [0, 0.05) is 0 Å². The highest BCUT2D eigenvalue weighted by Gasteiger charge is 2.31. The molecule has 1 aromatic carbocycles. The topological polar surface area (TPSA) is 40.5 Å². The number of hydrogen-bond donors (Lipinski definition) is 1. The van der Waals surface area contributed by atoms with Gasteiger partial charge >= 0.3 is 0 Å². The van der Waals surface area contributed by atoms with Crippen molar-refractivity contribution in [2.45, 2.75) is 5.37 Å². The summed E-state index contributed by atoms with van der Waals surface area (Å²) in [4.78, 5) is 11.0. The van der Waals surface area contributed by atoms with Gasteiger partial charge in [0.2, 0.25) is 0 Å². The Hall–Kier alpha value is -1.00. The lowest BCUT2D eigenvalue weighted by Crippen LogP contribution is -2.23. The molecule has 1 aromatic rings. The first kappa shape index (κ1) is 8.59. The van der Waals surface area contributed by atoms with E-state index >= 15 is 0 Å². The van der Waals surface area contributed by atoms with E-state index in [-0.39, 0.29) is 11.3 Å². The number of benzene rings is 1. The normalized spacial score (nSPS) is 22.4. The molecule has 1 aliphatic heterocycles. The van der Waals surface area contributed by atoms with Gasteiger partial charge in [-0.05, 0) is 5.56 Å². The number of carbonyl (C=O) groups is 1. The largest absolute Gasteiger partial charge is 0.284 e. The van der Waals surface area contributed by atoms with Crippen molar-refractivity contribution >= 4 is 17.7 Å². The van der Waals surface area contributed by atoms with Gasteiger partial charge in [0.1, 0.15) is 5.37 Å². The smallest absolute Gasteiger partial charge is 0.257 e. The summed E-state index contributed by atoms with van der Waals surface area (Å²) < 4.78 is 0. The highest BCUT2D eigenvalue weighted by Crippen LogP contribution is 2.36. The highest BCUT2D eigenvalue weighted by atomic mass is 32.2. The average molecular weight is 195 g/mol. The van der Waals surface area contributed by atoms with E-state index in [0.717, 1.165) is 10.6 Å². The molecule has 0 radical (unpaired) electrons. The number of hydrogen-bond acceptors (Lipinski definition) is 3. The maximum Gasteiger partial charge on any atom is 0.257 e. The van der Waals surface area contributed by atoms with Crippen LogP contribution < -0.4 is 0 Å². The molecule has 0 spiro atoms. The van der Waals surface area contributed by atoms with Crippen LogP contribution in [0.5, 0.6) is 0 Å². The fraction of sp³-hybridized carbons (Fsp3) is 0.222. The van der Waals surface area contributed by atoms with E-state index < -0.39 is 0 Å². The van der Waals surface area contributed by atoms with Crippen LogP contribution in [-0.4, -0.2) is 21.9 Å². The van der Waals surface area contributed by atoms with E-state index in [4.69, 9.17) is 0 Å². The fourth-order valence-electron chi connectivity index (χ4n) is 1.27. The number of rotatable bonds is 1. The highest BCUT2D eigenvalue weighted by molar-refractivity contribution is 8.00. The van der Waals surface area contributed by atoms with Crippen LogP contribution in [-0.2, 0) is 4.79 Å². The first-order chi connectivity index (χ1) is 6.29. The Labute approximate surface area is 80.3 Å². The summed E-state index contributed by atoms with van der Waals surface area (Å²) in [5.41, 5.74) is 0.959. The molecule has 1 amide bonds. The second kappa shape index (κ2) is 3.40. The first-order valence-corrected chi connectivity index (χ1v) is 5.01. The molecule has 13 heavy (non-hydrogen) atoms. The van der Waals surface area contributed by atoms with Crippen molar-refractivity contribution in [1.82, 2.24) is 5.06 Å². The maximum atomic E-state index is 11.0. The Kier molecular flexibility index (Phi) is 2.24. The molecule has 0 saturated carbocycles. The molecule has 0 aromatic heterocycles. The Morgan fingerprint density at radius 2 is 2.08 bits per heavy atom. The Balaban J connectivity index is 2.24. The van der Waals surface area contributed by atoms with E-state index in [9.17, 15) is 10.0 Å². The van der Waals surface area contributed by atoms with Crippen molar-refractivity contribution in [3.05, 3.63) is 35.9 Å². The molecule has 1 saturated heterocycles. The van der Waals surface area contributed by atoms with Gasteiger partial charge in [-0.2, -0.15) is 0 Å².